The fourth-order valence-corrected chi connectivity index (χ4v) is 1.79. The van der Waals surface area contributed by atoms with Crippen LogP contribution in [0.1, 0.15) is 5.56 Å². The predicted molar refractivity (Wildman–Crippen MR) is 67.5 cm³/mol. The number of rotatable bonds is 4. The Labute approximate surface area is 101 Å². The number of hydrogen-bond acceptors (Lipinski definition) is 3. The molecule has 94 valence electrons. The van der Waals surface area contributed by atoms with Gasteiger partial charge < -0.3 is 5.32 Å². The minimum atomic E-state index is -3.24. The van der Waals surface area contributed by atoms with Crippen LogP contribution < -0.4 is 9.62 Å². The molecular weight excluding hydrogens is 240 g/mol. The molecule has 1 aromatic carbocycles. The molecule has 1 aromatic rings. The fraction of sp³-hybridized carbons (Fsp3) is 0.364. The van der Waals surface area contributed by atoms with Crippen molar-refractivity contribution in [2.45, 2.75) is 6.42 Å². The van der Waals surface area contributed by atoms with Gasteiger partial charge in [0.1, 0.15) is 0 Å². The van der Waals surface area contributed by atoms with Gasteiger partial charge in [-0.15, -0.1) is 0 Å². The number of carbonyl (C=O) groups is 1. The number of amides is 1. The highest BCUT2D eigenvalue weighted by atomic mass is 32.2. The summed E-state index contributed by atoms with van der Waals surface area (Å²) in [5, 5.41) is 2.53. The highest BCUT2D eigenvalue weighted by Gasteiger charge is 2.11. The second-order valence-corrected chi connectivity index (χ2v) is 5.76. The molecule has 17 heavy (non-hydrogen) atoms. The zero-order valence-electron chi connectivity index (χ0n) is 10.1. The first kappa shape index (κ1) is 13.5. The van der Waals surface area contributed by atoms with Crippen LogP contribution in [-0.2, 0) is 21.2 Å². The Bertz CT molecular complexity index is 494. The number of hydrogen-bond donors (Lipinski definition) is 1. The van der Waals surface area contributed by atoms with Crippen LogP contribution in [0.15, 0.2) is 24.3 Å². The molecule has 6 heteroatoms. The molecule has 0 fully saturated rings. The van der Waals surface area contributed by atoms with Gasteiger partial charge in [-0.05, 0) is 17.7 Å². The van der Waals surface area contributed by atoms with Crippen molar-refractivity contribution < 1.29 is 13.2 Å². The van der Waals surface area contributed by atoms with E-state index in [1.54, 1.807) is 31.3 Å². The summed E-state index contributed by atoms with van der Waals surface area (Å²) in [4.78, 5) is 11.1. The second kappa shape index (κ2) is 5.18. The van der Waals surface area contributed by atoms with Gasteiger partial charge >= 0.3 is 0 Å². The van der Waals surface area contributed by atoms with E-state index in [-0.39, 0.29) is 5.91 Å². The lowest BCUT2D eigenvalue weighted by Crippen LogP contribution is -2.24. The summed E-state index contributed by atoms with van der Waals surface area (Å²) in [6, 6.07) is 6.84. The van der Waals surface area contributed by atoms with Crippen molar-refractivity contribution in [2.24, 2.45) is 0 Å². The molecule has 0 saturated carbocycles. The standard InChI is InChI=1S/C11H16N2O3S/c1-12-11(14)8-9-4-6-10(7-5-9)13(2)17(3,15)16/h4-7H,8H2,1-3H3,(H,12,14). The van der Waals surface area contributed by atoms with Crippen LogP contribution in [0.3, 0.4) is 0 Å². The van der Waals surface area contributed by atoms with Crippen LogP contribution in [0.25, 0.3) is 0 Å². The van der Waals surface area contributed by atoms with Crippen LogP contribution in [0.4, 0.5) is 5.69 Å². The number of anilines is 1. The van der Waals surface area contributed by atoms with Gasteiger partial charge in [0.2, 0.25) is 15.9 Å². The van der Waals surface area contributed by atoms with Gasteiger partial charge in [-0.3, -0.25) is 9.10 Å². The van der Waals surface area contributed by atoms with Crippen molar-refractivity contribution in [1.82, 2.24) is 5.32 Å². The predicted octanol–water partition coefficient (Wildman–Crippen LogP) is 0.371. The molecule has 0 spiro atoms. The number of sulfonamides is 1. The molecule has 1 amide bonds. The van der Waals surface area contributed by atoms with Gasteiger partial charge in [-0.1, -0.05) is 12.1 Å². The Morgan fingerprint density at radius 3 is 2.24 bits per heavy atom. The molecule has 0 radical (unpaired) electrons. The molecule has 0 aliphatic heterocycles. The zero-order valence-corrected chi connectivity index (χ0v) is 10.9. The summed E-state index contributed by atoms with van der Waals surface area (Å²) in [6.45, 7) is 0. The molecule has 0 bridgehead atoms. The molecule has 0 aliphatic rings. The van der Waals surface area contributed by atoms with Crippen molar-refractivity contribution in [1.29, 1.82) is 0 Å². The van der Waals surface area contributed by atoms with Gasteiger partial charge in [0, 0.05) is 14.1 Å². The van der Waals surface area contributed by atoms with Gasteiger partial charge in [-0.2, -0.15) is 0 Å². The molecule has 0 aliphatic carbocycles. The topological polar surface area (TPSA) is 66.5 Å². The number of benzene rings is 1. The Balaban J connectivity index is 2.85. The SMILES string of the molecule is CNC(=O)Cc1ccc(N(C)S(C)(=O)=O)cc1. The van der Waals surface area contributed by atoms with Crippen LogP contribution >= 0.6 is 0 Å². The first-order valence-corrected chi connectivity index (χ1v) is 6.93. The summed E-state index contributed by atoms with van der Waals surface area (Å²) in [5.41, 5.74) is 1.42. The summed E-state index contributed by atoms with van der Waals surface area (Å²) >= 11 is 0. The average Bonchev–Trinajstić information content (AvgIpc) is 2.27. The summed E-state index contributed by atoms with van der Waals surface area (Å²) in [6.07, 6.45) is 1.44. The maximum absolute atomic E-state index is 11.3. The molecule has 0 aromatic heterocycles. The number of nitrogens with zero attached hydrogens (tertiary/aromatic N) is 1. The number of likely N-dealkylation sites (N-methyl/N-ethyl adjacent to an activating group) is 1. The van der Waals surface area contributed by atoms with Gasteiger partial charge in [0.15, 0.2) is 0 Å². The smallest absolute Gasteiger partial charge is 0.231 e. The molecule has 5 nitrogen and oxygen atoms in total. The van der Waals surface area contributed by atoms with E-state index in [4.69, 9.17) is 0 Å². The van der Waals surface area contributed by atoms with Crippen LogP contribution in [0.5, 0.6) is 0 Å². The van der Waals surface area contributed by atoms with Crippen molar-refractivity contribution >= 4 is 21.6 Å². The summed E-state index contributed by atoms with van der Waals surface area (Å²) in [5.74, 6) is -0.0748. The third kappa shape index (κ3) is 3.74. The van der Waals surface area contributed by atoms with Crippen molar-refractivity contribution in [2.75, 3.05) is 24.7 Å². The monoisotopic (exact) mass is 256 g/mol. The van der Waals surface area contributed by atoms with Gasteiger partial charge in [0.05, 0.1) is 18.4 Å². The molecule has 0 atom stereocenters. The van der Waals surface area contributed by atoms with E-state index >= 15 is 0 Å². The van der Waals surface area contributed by atoms with E-state index in [9.17, 15) is 13.2 Å². The van der Waals surface area contributed by atoms with Crippen molar-refractivity contribution in [3.8, 4) is 0 Å². The highest BCUT2D eigenvalue weighted by Crippen LogP contribution is 2.16. The zero-order chi connectivity index (χ0) is 13.1. The van der Waals surface area contributed by atoms with E-state index in [1.807, 2.05) is 0 Å². The van der Waals surface area contributed by atoms with E-state index < -0.39 is 10.0 Å². The average molecular weight is 256 g/mol. The second-order valence-electron chi connectivity index (χ2n) is 3.75. The maximum atomic E-state index is 11.3. The number of carbonyl (C=O) groups excluding carboxylic acids is 1. The summed E-state index contributed by atoms with van der Waals surface area (Å²) < 4.78 is 23.8. The minimum Gasteiger partial charge on any atom is -0.359 e. The molecule has 0 saturated heterocycles. The maximum Gasteiger partial charge on any atom is 0.231 e. The Kier molecular flexibility index (Phi) is 4.11. The quantitative estimate of drug-likeness (QED) is 0.846. The minimum absolute atomic E-state index is 0.0748. The number of nitrogens with one attached hydrogen (secondary N) is 1. The van der Waals surface area contributed by atoms with Crippen molar-refractivity contribution in [3.05, 3.63) is 29.8 Å². The molecule has 0 heterocycles. The lowest BCUT2D eigenvalue weighted by atomic mass is 10.1. The van der Waals surface area contributed by atoms with Crippen molar-refractivity contribution in [3.63, 3.8) is 0 Å². The third-order valence-corrected chi connectivity index (χ3v) is 3.65. The van der Waals surface area contributed by atoms with Gasteiger partial charge in [-0.25, -0.2) is 8.42 Å². The molecule has 0 unspecified atom stereocenters. The summed E-state index contributed by atoms with van der Waals surface area (Å²) in [7, 11) is -0.176. The van der Waals surface area contributed by atoms with E-state index in [2.05, 4.69) is 5.32 Å². The first-order valence-electron chi connectivity index (χ1n) is 5.08. The molecule has 1 rings (SSSR count). The largest absolute Gasteiger partial charge is 0.359 e. The van der Waals surface area contributed by atoms with E-state index in [0.717, 1.165) is 11.8 Å². The van der Waals surface area contributed by atoms with Gasteiger partial charge in [0.25, 0.3) is 0 Å². The van der Waals surface area contributed by atoms with Crippen LogP contribution in [-0.4, -0.2) is 34.7 Å². The first-order chi connectivity index (χ1) is 7.84. The highest BCUT2D eigenvalue weighted by molar-refractivity contribution is 7.92. The molecule has 1 N–H and O–H groups in total. The molecular formula is C11H16N2O3S. The van der Waals surface area contributed by atoms with Crippen LogP contribution in [0, 0.1) is 0 Å². The lowest BCUT2D eigenvalue weighted by Gasteiger charge is -2.16. The Morgan fingerprint density at radius 2 is 1.82 bits per heavy atom. The van der Waals surface area contributed by atoms with E-state index in [0.29, 0.717) is 12.1 Å². The third-order valence-electron chi connectivity index (χ3n) is 2.44. The normalized spacial score (nSPS) is 11.0. The van der Waals surface area contributed by atoms with Crippen LogP contribution in [0.2, 0.25) is 0 Å². The Hall–Kier alpha value is -1.56. The fourth-order valence-electron chi connectivity index (χ4n) is 1.29. The lowest BCUT2D eigenvalue weighted by molar-refractivity contribution is -0.119. The Morgan fingerprint density at radius 1 is 1.29 bits per heavy atom. The van der Waals surface area contributed by atoms with E-state index in [1.165, 1.54) is 11.4 Å².